The van der Waals surface area contributed by atoms with Gasteiger partial charge in [-0.3, -0.25) is 4.79 Å². The number of amides is 1. The summed E-state index contributed by atoms with van der Waals surface area (Å²) < 4.78 is 5.46. The van der Waals surface area contributed by atoms with Gasteiger partial charge in [0.25, 0.3) is 0 Å². The van der Waals surface area contributed by atoms with Crippen LogP contribution in [0.3, 0.4) is 0 Å². The van der Waals surface area contributed by atoms with Crippen molar-refractivity contribution in [2.24, 2.45) is 0 Å². The third-order valence-electron chi connectivity index (χ3n) is 5.18. The molecule has 3 aliphatic rings. The van der Waals surface area contributed by atoms with Crippen molar-refractivity contribution >= 4 is 11.7 Å². The molecule has 2 bridgehead atoms. The van der Waals surface area contributed by atoms with Crippen LogP contribution in [-0.4, -0.2) is 52.6 Å². The van der Waals surface area contributed by atoms with E-state index in [9.17, 15) is 4.79 Å². The average Bonchev–Trinajstić information content (AvgIpc) is 2.63. The molecule has 26 heavy (non-hydrogen) atoms. The van der Waals surface area contributed by atoms with Gasteiger partial charge in [-0.15, -0.1) is 0 Å². The SMILES string of the molecule is CCOc1ccc(CC(=O)N2C3CC2CN(c2cc(C)ncn2)C3)cc1. The van der Waals surface area contributed by atoms with Gasteiger partial charge in [-0.25, -0.2) is 9.97 Å². The summed E-state index contributed by atoms with van der Waals surface area (Å²) >= 11 is 0. The quantitative estimate of drug-likeness (QED) is 0.826. The van der Waals surface area contributed by atoms with Gasteiger partial charge in [0.2, 0.25) is 5.91 Å². The minimum absolute atomic E-state index is 0.217. The Balaban J connectivity index is 1.37. The van der Waals surface area contributed by atoms with Crippen LogP contribution in [0.5, 0.6) is 5.75 Å². The number of carbonyl (C=O) groups excluding carboxylic acids is 1. The number of piperazine rings is 1. The lowest BCUT2D eigenvalue weighted by molar-refractivity contribution is -0.145. The van der Waals surface area contributed by atoms with Crippen molar-refractivity contribution in [3.8, 4) is 5.75 Å². The minimum Gasteiger partial charge on any atom is -0.494 e. The smallest absolute Gasteiger partial charge is 0.227 e. The van der Waals surface area contributed by atoms with Crippen LogP contribution in [0.25, 0.3) is 0 Å². The fraction of sp³-hybridized carbons (Fsp3) is 0.450. The molecule has 0 radical (unpaired) electrons. The number of aromatic nitrogens is 2. The van der Waals surface area contributed by atoms with Gasteiger partial charge in [-0.2, -0.15) is 0 Å². The van der Waals surface area contributed by atoms with Crippen LogP contribution in [0.4, 0.5) is 5.82 Å². The summed E-state index contributed by atoms with van der Waals surface area (Å²) in [7, 11) is 0. The highest BCUT2D eigenvalue weighted by Gasteiger charge is 2.47. The predicted molar refractivity (Wildman–Crippen MR) is 99.3 cm³/mol. The van der Waals surface area contributed by atoms with Crippen molar-refractivity contribution in [1.82, 2.24) is 14.9 Å². The fourth-order valence-electron chi connectivity index (χ4n) is 3.95. The molecule has 0 N–H and O–H groups in total. The number of benzene rings is 1. The molecule has 3 saturated heterocycles. The maximum Gasteiger partial charge on any atom is 0.227 e. The second kappa shape index (κ2) is 6.94. The number of hydrogen-bond acceptors (Lipinski definition) is 5. The van der Waals surface area contributed by atoms with Crippen LogP contribution in [-0.2, 0) is 11.2 Å². The Morgan fingerprint density at radius 3 is 2.58 bits per heavy atom. The highest BCUT2D eigenvalue weighted by molar-refractivity contribution is 5.81. The van der Waals surface area contributed by atoms with E-state index in [0.717, 1.165) is 42.3 Å². The van der Waals surface area contributed by atoms with E-state index in [0.29, 0.717) is 25.1 Å². The van der Waals surface area contributed by atoms with E-state index in [4.69, 9.17) is 4.74 Å². The maximum atomic E-state index is 12.8. The van der Waals surface area contributed by atoms with Gasteiger partial charge < -0.3 is 14.5 Å². The molecule has 4 heterocycles. The number of piperidine rings is 1. The molecule has 0 aliphatic carbocycles. The van der Waals surface area contributed by atoms with Gasteiger partial charge in [0.1, 0.15) is 17.9 Å². The van der Waals surface area contributed by atoms with Crippen molar-refractivity contribution in [3.05, 3.63) is 47.9 Å². The highest BCUT2D eigenvalue weighted by atomic mass is 16.5. The number of anilines is 1. The van der Waals surface area contributed by atoms with Crippen LogP contribution in [0.1, 0.15) is 24.6 Å². The number of fused-ring (bicyclic) bond motifs is 2. The summed E-state index contributed by atoms with van der Waals surface area (Å²) in [6.07, 6.45) is 3.15. The molecule has 3 aliphatic heterocycles. The van der Waals surface area contributed by atoms with Crippen molar-refractivity contribution < 1.29 is 9.53 Å². The van der Waals surface area contributed by atoms with Crippen LogP contribution in [0, 0.1) is 6.92 Å². The van der Waals surface area contributed by atoms with Crippen LogP contribution in [0.2, 0.25) is 0 Å². The van der Waals surface area contributed by atoms with E-state index in [1.54, 1.807) is 6.33 Å². The van der Waals surface area contributed by atoms with Gasteiger partial charge in [0.15, 0.2) is 0 Å². The van der Waals surface area contributed by atoms with E-state index in [2.05, 4.69) is 19.8 Å². The molecule has 2 aromatic rings. The van der Waals surface area contributed by atoms with Crippen molar-refractivity contribution in [3.63, 3.8) is 0 Å². The number of rotatable bonds is 5. The minimum atomic E-state index is 0.217. The lowest BCUT2D eigenvalue weighted by Crippen LogP contribution is -2.70. The second-order valence-electron chi connectivity index (χ2n) is 7.02. The topological polar surface area (TPSA) is 58.6 Å². The summed E-state index contributed by atoms with van der Waals surface area (Å²) in [4.78, 5) is 25.6. The highest BCUT2D eigenvalue weighted by Crippen LogP contribution is 2.34. The maximum absolute atomic E-state index is 12.8. The molecule has 136 valence electrons. The third-order valence-corrected chi connectivity index (χ3v) is 5.18. The van der Waals surface area contributed by atoms with Crippen molar-refractivity contribution in [2.75, 3.05) is 24.6 Å². The molecule has 2 unspecified atom stereocenters. The first-order valence-electron chi connectivity index (χ1n) is 9.20. The molecule has 0 saturated carbocycles. The zero-order valence-electron chi connectivity index (χ0n) is 15.3. The largest absolute Gasteiger partial charge is 0.494 e. The molecule has 3 fully saturated rings. The molecule has 1 aromatic heterocycles. The summed E-state index contributed by atoms with van der Waals surface area (Å²) in [6, 6.07) is 10.4. The number of aryl methyl sites for hydroxylation is 1. The van der Waals surface area contributed by atoms with E-state index >= 15 is 0 Å². The first-order chi connectivity index (χ1) is 12.6. The molecule has 1 aromatic carbocycles. The van der Waals surface area contributed by atoms with Gasteiger partial charge in [-0.1, -0.05) is 12.1 Å². The Morgan fingerprint density at radius 1 is 1.19 bits per heavy atom. The number of hydrogen-bond donors (Lipinski definition) is 0. The standard InChI is InChI=1S/C20H24N4O2/c1-3-26-18-6-4-15(5-7-18)9-20(25)24-16-10-17(24)12-23(11-16)19-8-14(2)21-13-22-19/h4-8,13,16-17H,3,9-12H2,1-2H3. The van der Waals surface area contributed by atoms with Crippen molar-refractivity contribution in [2.45, 2.75) is 38.8 Å². The fourth-order valence-corrected chi connectivity index (χ4v) is 3.95. The predicted octanol–water partition coefficient (Wildman–Crippen LogP) is 2.22. The molecule has 1 amide bonds. The molecule has 6 nitrogen and oxygen atoms in total. The molecule has 0 spiro atoms. The number of ether oxygens (including phenoxy) is 1. The van der Waals surface area contributed by atoms with Gasteiger partial charge >= 0.3 is 0 Å². The third kappa shape index (κ3) is 3.23. The number of nitrogens with zero attached hydrogens (tertiary/aromatic N) is 4. The van der Waals surface area contributed by atoms with E-state index < -0.39 is 0 Å². The van der Waals surface area contributed by atoms with E-state index in [1.165, 1.54) is 0 Å². The Morgan fingerprint density at radius 2 is 1.92 bits per heavy atom. The number of carbonyl (C=O) groups is 1. The lowest BCUT2D eigenvalue weighted by atomic mass is 9.86. The van der Waals surface area contributed by atoms with Gasteiger partial charge in [-0.05, 0) is 38.0 Å². The van der Waals surface area contributed by atoms with Gasteiger partial charge in [0.05, 0.1) is 25.1 Å². The Kier molecular flexibility index (Phi) is 4.49. The normalized spacial score (nSPS) is 21.3. The lowest BCUT2D eigenvalue weighted by Gasteiger charge is -2.56. The zero-order valence-corrected chi connectivity index (χ0v) is 15.3. The summed E-state index contributed by atoms with van der Waals surface area (Å²) in [5, 5.41) is 0. The summed E-state index contributed by atoms with van der Waals surface area (Å²) in [6.45, 7) is 6.29. The van der Waals surface area contributed by atoms with Crippen LogP contribution in [0.15, 0.2) is 36.7 Å². The molecular weight excluding hydrogens is 328 g/mol. The monoisotopic (exact) mass is 352 g/mol. The molecule has 2 atom stereocenters. The van der Waals surface area contributed by atoms with Crippen LogP contribution < -0.4 is 9.64 Å². The first-order valence-corrected chi connectivity index (χ1v) is 9.20. The second-order valence-corrected chi connectivity index (χ2v) is 7.02. The summed E-state index contributed by atoms with van der Waals surface area (Å²) in [5.41, 5.74) is 2.00. The summed E-state index contributed by atoms with van der Waals surface area (Å²) in [5.74, 6) is 2.03. The Labute approximate surface area is 153 Å². The first kappa shape index (κ1) is 16.8. The average molecular weight is 352 g/mol. The Bertz CT molecular complexity index is 781. The zero-order chi connectivity index (χ0) is 18.1. The Hall–Kier alpha value is -2.63. The molecular formula is C20H24N4O2. The molecule has 6 heteroatoms. The van der Waals surface area contributed by atoms with E-state index in [1.807, 2.05) is 44.2 Å². The van der Waals surface area contributed by atoms with Crippen molar-refractivity contribution in [1.29, 1.82) is 0 Å². The van der Waals surface area contributed by atoms with Gasteiger partial charge in [0, 0.05) is 24.8 Å². The molecule has 5 rings (SSSR count). The van der Waals surface area contributed by atoms with Crippen LogP contribution >= 0.6 is 0 Å². The van der Waals surface area contributed by atoms with E-state index in [-0.39, 0.29) is 5.91 Å².